The SMILES string of the molecule is CCCCCCCCCCCCCCCCCC(C)CCCCCCCCO. The molecule has 1 heteroatoms. The van der Waals surface area contributed by atoms with Crippen molar-refractivity contribution in [3.8, 4) is 0 Å². The van der Waals surface area contributed by atoms with Crippen LogP contribution < -0.4 is 0 Å². The highest BCUT2D eigenvalue weighted by molar-refractivity contribution is 4.56. The van der Waals surface area contributed by atoms with Crippen molar-refractivity contribution in [1.82, 2.24) is 0 Å². The predicted octanol–water partition coefficient (Wildman–Crippen LogP) is 9.61. The summed E-state index contributed by atoms with van der Waals surface area (Å²) in [6, 6.07) is 0. The number of aliphatic hydroxyl groups excluding tert-OH is 1. The monoisotopic (exact) mass is 396 g/mol. The molecule has 0 aliphatic heterocycles. The minimum atomic E-state index is 0.371. The number of unbranched alkanes of at least 4 members (excludes halogenated alkanes) is 19. The Balaban J connectivity index is 3.10. The van der Waals surface area contributed by atoms with Gasteiger partial charge in [-0.1, -0.05) is 155 Å². The molecule has 0 aromatic heterocycles. The van der Waals surface area contributed by atoms with E-state index < -0.39 is 0 Å². The Morgan fingerprint density at radius 2 is 0.714 bits per heavy atom. The Kier molecular flexibility index (Phi) is 25.0. The first-order chi connectivity index (χ1) is 13.8. The third-order valence-electron chi connectivity index (χ3n) is 6.41. The first kappa shape index (κ1) is 28.0. The van der Waals surface area contributed by atoms with Gasteiger partial charge in [0.2, 0.25) is 0 Å². The fourth-order valence-corrected chi connectivity index (χ4v) is 4.32. The predicted molar refractivity (Wildman–Crippen MR) is 128 cm³/mol. The zero-order valence-corrected chi connectivity index (χ0v) is 20.0. The normalized spacial score (nSPS) is 12.5. The summed E-state index contributed by atoms with van der Waals surface area (Å²) in [5.41, 5.74) is 0. The van der Waals surface area contributed by atoms with E-state index in [9.17, 15) is 0 Å². The Bertz CT molecular complexity index is 263. The van der Waals surface area contributed by atoms with Crippen LogP contribution in [0.5, 0.6) is 0 Å². The van der Waals surface area contributed by atoms with Gasteiger partial charge in [0.25, 0.3) is 0 Å². The van der Waals surface area contributed by atoms with Crippen LogP contribution in [0.4, 0.5) is 0 Å². The van der Waals surface area contributed by atoms with Crippen LogP contribution in [-0.4, -0.2) is 11.7 Å². The zero-order valence-electron chi connectivity index (χ0n) is 20.0. The topological polar surface area (TPSA) is 20.2 Å². The van der Waals surface area contributed by atoms with Crippen molar-refractivity contribution in [1.29, 1.82) is 0 Å². The number of hydrogen-bond donors (Lipinski definition) is 1. The molecular weight excluding hydrogens is 340 g/mol. The molecule has 28 heavy (non-hydrogen) atoms. The van der Waals surface area contributed by atoms with Crippen molar-refractivity contribution >= 4 is 0 Å². The van der Waals surface area contributed by atoms with Crippen molar-refractivity contribution in [2.24, 2.45) is 5.92 Å². The van der Waals surface area contributed by atoms with E-state index in [1.807, 2.05) is 0 Å². The van der Waals surface area contributed by atoms with Gasteiger partial charge in [0.15, 0.2) is 0 Å². The molecule has 0 aliphatic carbocycles. The van der Waals surface area contributed by atoms with E-state index in [1.165, 1.54) is 141 Å². The molecule has 0 aliphatic rings. The van der Waals surface area contributed by atoms with E-state index >= 15 is 0 Å². The van der Waals surface area contributed by atoms with Crippen LogP contribution in [0, 0.1) is 5.92 Å². The summed E-state index contributed by atoms with van der Waals surface area (Å²) < 4.78 is 0. The fourth-order valence-electron chi connectivity index (χ4n) is 4.32. The molecule has 1 N–H and O–H groups in total. The molecule has 1 nitrogen and oxygen atoms in total. The molecule has 170 valence electrons. The maximum Gasteiger partial charge on any atom is 0.0431 e. The van der Waals surface area contributed by atoms with Gasteiger partial charge in [-0.3, -0.25) is 0 Å². The second-order valence-electron chi connectivity index (χ2n) is 9.48. The maximum atomic E-state index is 8.77. The van der Waals surface area contributed by atoms with E-state index in [2.05, 4.69) is 13.8 Å². The highest BCUT2D eigenvalue weighted by Gasteiger charge is 2.02. The van der Waals surface area contributed by atoms with E-state index in [0.29, 0.717) is 6.61 Å². The molecule has 0 amide bonds. The van der Waals surface area contributed by atoms with Crippen LogP contribution >= 0.6 is 0 Å². The van der Waals surface area contributed by atoms with Crippen LogP contribution in [0.25, 0.3) is 0 Å². The molecule has 0 rings (SSSR count). The molecule has 0 aromatic rings. The smallest absolute Gasteiger partial charge is 0.0431 e. The lowest BCUT2D eigenvalue weighted by Gasteiger charge is -2.11. The van der Waals surface area contributed by atoms with Gasteiger partial charge in [-0.05, 0) is 12.3 Å². The zero-order chi connectivity index (χ0) is 20.5. The van der Waals surface area contributed by atoms with E-state index in [4.69, 9.17) is 5.11 Å². The largest absolute Gasteiger partial charge is 0.396 e. The number of rotatable bonds is 24. The lowest BCUT2D eigenvalue weighted by atomic mass is 9.96. The van der Waals surface area contributed by atoms with Crippen molar-refractivity contribution in [3.05, 3.63) is 0 Å². The molecule has 0 radical (unpaired) electrons. The Labute approximate surface area is 179 Å². The van der Waals surface area contributed by atoms with Gasteiger partial charge in [0.1, 0.15) is 0 Å². The van der Waals surface area contributed by atoms with Gasteiger partial charge in [0.05, 0.1) is 0 Å². The average Bonchev–Trinajstić information content (AvgIpc) is 2.70. The van der Waals surface area contributed by atoms with E-state index in [0.717, 1.165) is 12.3 Å². The third kappa shape index (κ3) is 24.0. The molecule has 0 saturated heterocycles. The van der Waals surface area contributed by atoms with Crippen molar-refractivity contribution in [3.63, 3.8) is 0 Å². The van der Waals surface area contributed by atoms with E-state index in [-0.39, 0.29) is 0 Å². The third-order valence-corrected chi connectivity index (χ3v) is 6.41. The molecule has 0 bridgehead atoms. The Morgan fingerprint density at radius 3 is 1.04 bits per heavy atom. The van der Waals surface area contributed by atoms with Crippen LogP contribution in [-0.2, 0) is 0 Å². The molecule has 1 unspecified atom stereocenters. The summed E-state index contributed by atoms with van der Waals surface area (Å²) in [7, 11) is 0. The van der Waals surface area contributed by atoms with Gasteiger partial charge in [0, 0.05) is 6.61 Å². The number of aliphatic hydroxyl groups is 1. The van der Waals surface area contributed by atoms with E-state index in [1.54, 1.807) is 0 Å². The van der Waals surface area contributed by atoms with Gasteiger partial charge in [-0.2, -0.15) is 0 Å². The molecule has 0 heterocycles. The summed E-state index contributed by atoms with van der Waals surface area (Å²) in [6.07, 6.45) is 32.5. The van der Waals surface area contributed by atoms with Gasteiger partial charge in [-0.25, -0.2) is 0 Å². The molecular formula is C27H56O. The standard InChI is InChI=1S/C27H56O/c1-3-4-5-6-7-8-9-10-11-12-13-14-15-18-21-24-27(2)25-22-19-16-17-20-23-26-28/h27-28H,3-26H2,1-2H3. The maximum absolute atomic E-state index is 8.77. The van der Waals surface area contributed by atoms with Gasteiger partial charge < -0.3 is 5.11 Å². The minimum absolute atomic E-state index is 0.371. The summed E-state index contributed by atoms with van der Waals surface area (Å²) >= 11 is 0. The summed E-state index contributed by atoms with van der Waals surface area (Å²) in [6.45, 7) is 5.12. The molecule has 0 spiro atoms. The van der Waals surface area contributed by atoms with Crippen molar-refractivity contribution in [2.75, 3.05) is 6.61 Å². The van der Waals surface area contributed by atoms with Crippen LogP contribution in [0.3, 0.4) is 0 Å². The Hall–Kier alpha value is -0.0400. The van der Waals surface area contributed by atoms with Crippen molar-refractivity contribution < 1.29 is 5.11 Å². The van der Waals surface area contributed by atoms with Gasteiger partial charge >= 0.3 is 0 Å². The average molecular weight is 397 g/mol. The second-order valence-corrected chi connectivity index (χ2v) is 9.48. The highest BCUT2D eigenvalue weighted by Crippen LogP contribution is 2.19. The van der Waals surface area contributed by atoms with Crippen LogP contribution in [0.2, 0.25) is 0 Å². The molecule has 0 fully saturated rings. The minimum Gasteiger partial charge on any atom is -0.396 e. The summed E-state index contributed by atoms with van der Waals surface area (Å²) in [4.78, 5) is 0. The molecule has 1 atom stereocenters. The quantitative estimate of drug-likeness (QED) is 0.161. The van der Waals surface area contributed by atoms with Crippen LogP contribution in [0.15, 0.2) is 0 Å². The van der Waals surface area contributed by atoms with Gasteiger partial charge in [-0.15, -0.1) is 0 Å². The lowest BCUT2D eigenvalue weighted by Crippen LogP contribution is -1.95. The molecule has 0 aromatic carbocycles. The molecule has 0 saturated carbocycles. The first-order valence-electron chi connectivity index (χ1n) is 13.4. The van der Waals surface area contributed by atoms with Crippen LogP contribution in [0.1, 0.15) is 162 Å². The number of hydrogen-bond acceptors (Lipinski definition) is 1. The fraction of sp³-hybridized carbons (Fsp3) is 1.00. The van der Waals surface area contributed by atoms with Crippen molar-refractivity contribution in [2.45, 2.75) is 162 Å². The first-order valence-corrected chi connectivity index (χ1v) is 13.4. The highest BCUT2D eigenvalue weighted by atomic mass is 16.2. The second kappa shape index (κ2) is 25.0. The lowest BCUT2D eigenvalue weighted by molar-refractivity contribution is 0.282. The summed E-state index contributed by atoms with van der Waals surface area (Å²) in [5, 5.41) is 8.77. The summed E-state index contributed by atoms with van der Waals surface area (Å²) in [5.74, 6) is 0.930. The Morgan fingerprint density at radius 1 is 0.429 bits per heavy atom.